The van der Waals surface area contributed by atoms with Gasteiger partial charge in [0.2, 0.25) is 5.91 Å². The zero-order valence-electron chi connectivity index (χ0n) is 10.2. The van der Waals surface area contributed by atoms with Gasteiger partial charge in [-0.15, -0.1) is 0 Å². The van der Waals surface area contributed by atoms with Gasteiger partial charge in [0.25, 0.3) is 0 Å². The summed E-state index contributed by atoms with van der Waals surface area (Å²) in [5.41, 5.74) is 0.608. The molecule has 1 aromatic carbocycles. The van der Waals surface area contributed by atoms with E-state index in [1.165, 1.54) is 0 Å². The number of Topliss-reactive ketones (excluding diaryl/α,β-unsaturated/α-hetero) is 1. The molecule has 4 heteroatoms. The van der Waals surface area contributed by atoms with E-state index in [2.05, 4.69) is 0 Å². The average molecular weight is 266 g/mol. The summed E-state index contributed by atoms with van der Waals surface area (Å²) in [5.74, 6) is 0.0664. The molecular weight excluding hydrogens is 250 g/mol. The second kappa shape index (κ2) is 6.01. The van der Waals surface area contributed by atoms with E-state index in [0.717, 1.165) is 19.3 Å². The minimum absolute atomic E-state index is 0.0260. The fourth-order valence-electron chi connectivity index (χ4n) is 2.11. The molecule has 1 aromatic rings. The number of carbonyl (C=O) groups excluding carboxylic acids is 2. The van der Waals surface area contributed by atoms with E-state index in [-0.39, 0.29) is 18.2 Å². The Morgan fingerprint density at radius 3 is 2.61 bits per heavy atom. The molecule has 0 radical (unpaired) electrons. The molecule has 18 heavy (non-hydrogen) atoms. The molecule has 1 heterocycles. The molecule has 0 spiro atoms. The summed E-state index contributed by atoms with van der Waals surface area (Å²) >= 11 is 5.78. The van der Waals surface area contributed by atoms with Crippen LogP contribution in [0.5, 0.6) is 0 Å². The van der Waals surface area contributed by atoms with Gasteiger partial charge in [-0.1, -0.05) is 18.0 Å². The summed E-state index contributed by atoms with van der Waals surface area (Å²) in [6, 6.07) is 6.79. The molecule has 1 saturated heterocycles. The Morgan fingerprint density at radius 2 is 1.89 bits per heavy atom. The van der Waals surface area contributed by atoms with Gasteiger partial charge in [0.1, 0.15) is 0 Å². The van der Waals surface area contributed by atoms with Crippen LogP contribution in [0.15, 0.2) is 24.3 Å². The molecule has 0 atom stereocenters. The summed E-state index contributed by atoms with van der Waals surface area (Å²) in [6.45, 7) is 0.874. The van der Waals surface area contributed by atoms with Crippen LogP contribution in [-0.4, -0.2) is 29.7 Å². The van der Waals surface area contributed by atoms with Crippen molar-refractivity contribution in [2.24, 2.45) is 0 Å². The van der Waals surface area contributed by atoms with Gasteiger partial charge >= 0.3 is 0 Å². The first kappa shape index (κ1) is 13.1. The highest BCUT2D eigenvalue weighted by Crippen LogP contribution is 2.14. The summed E-state index contributed by atoms with van der Waals surface area (Å²) < 4.78 is 0. The highest BCUT2D eigenvalue weighted by Gasteiger charge is 2.19. The van der Waals surface area contributed by atoms with E-state index in [9.17, 15) is 9.59 Å². The van der Waals surface area contributed by atoms with Gasteiger partial charge in [-0.25, -0.2) is 0 Å². The molecule has 1 fully saturated rings. The van der Waals surface area contributed by atoms with Gasteiger partial charge in [-0.2, -0.15) is 0 Å². The zero-order valence-corrected chi connectivity index (χ0v) is 10.9. The topological polar surface area (TPSA) is 37.4 Å². The number of hydrogen-bond donors (Lipinski definition) is 0. The van der Waals surface area contributed by atoms with Crippen molar-refractivity contribution in [2.45, 2.75) is 25.7 Å². The number of nitrogens with zero attached hydrogens (tertiary/aromatic N) is 1. The third-order valence-electron chi connectivity index (χ3n) is 3.17. The fourth-order valence-corrected chi connectivity index (χ4v) is 2.23. The lowest BCUT2D eigenvalue weighted by atomic mass is 10.1. The van der Waals surface area contributed by atoms with Crippen LogP contribution >= 0.6 is 11.6 Å². The van der Waals surface area contributed by atoms with E-state index in [0.29, 0.717) is 23.6 Å². The highest BCUT2D eigenvalue weighted by atomic mass is 35.5. The van der Waals surface area contributed by atoms with Crippen LogP contribution in [-0.2, 0) is 4.79 Å². The number of hydrogen-bond acceptors (Lipinski definition) is 2. The van der Waals surface area contributed by atoms with Crippen LogP contribution in [0.4, 0.5) is 0 Å². The molecule has 3 nitrogen and oxygen atoms in total. The Labute approximate surface area is 112 Å². The summed E-state index contributed by atoms with van der Waals surface area (Å²) in [6.07, 6.45) is 3.55. The monoisotopic (exact) mass is 265 g/mol. The quantitative estimate of drug-likeness (QED) is 0.788. The SMILES string of the molecule is O=C(CN1CCCCCC1=O)c1ccc(Cl)cc1. The van der Waals surface area contributed by atoms with Crippen molar-refractivity contribution in [3.63, 3.8) is 0 Å². The number of carbonyl (C=O) groups is 2. The van der Waals surface area contributed by atoms with Crippen LogP contribution in [0.25, 0.3) is 0 Å². The van der Waals surface area contributed by atoms with Crippen molar-refractivity contribution in [1.29, 1.82) is 0 Å². The largest absolute Gasteiger partial charge is 0.335 e. The predicted octanol–water partition coefficient (Wildman–Crippen LogP) is 2.93. The third kappa shape index (κ3) is 3.33. The lowest BCUT2D eigenvalue weighted by molar-refractivity contribution is -0.130. The van der Waals surface area contributed by atoms with Crippen LogP contribution in [0.1, 0.15) is 36.0 Å². The maximum atomic E-state index is 12.0. The van der Waals surface area contributed by atoms with Gasteiger partial charge in [-0.05, 0) is 37.1 Å². The number of ketones is 1. The molecule has 0 aromatic heterocycles. The van der Waals surface area contributed by atoms with Crippen LogP contribution in [0, 0.1) is 0 Å². The van der Waals surface area contributed by atoms with Crippen molar-refractivity contribution in [3.05, 3.63) is 34.9 Å². The van der Waals surface area contributed by atoms with E-state index < -0.39 is 0 Å². The van der Waals surface area contributed by atoms with Gasteiger partial charge in [0.15, 0.2) is 5.78 Å². The lowest BCUT2D eigenvalue weighted by Gasteiger charge is -2.19. The molecule has 1 amide bonds. The van der Waals surface area contributed by atoms with Crippen molar-refractivity contribution in [3.8, 4) is 0 Å². The zero-order chi connectivity index (χ0) is 13.0. The number of likely N-dealkylation sites (tertiary alicyclic amines) is 1. The fraction of sp³-hybridized carbons (Fsp3) is 0.429. The molecule has 2 rings (SSSR count). The van der Waals surface area contributed by atoms with Gasteiger partial charge < -0.3 is 4.90 Å². The Bertz CT molecular complexity index is 442. The summed E-state index contributed by atoms with van der Waals surface area (Å²) in [7, 11) is 0. The Balaban J connectivity index is 2.01. The molecule has 1 aliphatic rings. The van der Waals surface area contributed by atoms with Crippen LogP contribution < -0.4 is 0 Å². The summed E-state index contributed by atoms with van der Waals surface area (Å²) in [5, 5.41) is 0.609. The standard InChI is InChI=1S/C14H16ClNO2/c15-12-7-5-11(6-8-12)13(17)10-16-9-3-1-2-4-14(16)18/h5-8H,1-4,9-10H2. The minimum Gasteiger partial charge on any atom is -0.335 e. The number of rotatable bonds is 3. The minimum atomic E-state index is -0.0260. The molecule has 1 aliphatic heterocycles. The molecule has 0 bridgehead atoms. The average Bonchev–Trinajstić information content (AvgIpc) is 2.56. The molecular formula is C14H16ClNO2. The molecule has 0 aliphatic carbocycles. The second-order valence-corrected chi connectivity index (χ2v) is 4.99. The van der Waals surface area contributed by atoms with Gasteiger partial charge in [-0.3, -0.25) is 9.59 Å². The van der Waals surface area contributed by atoms with Crippen molar-refractivity contribution in [1.82, 2.24) is 4.90 Å². The molecule has 0 unspecified atom stereocenters. The number of amides is 1. The first-order chi connectivity index (χ1) is 8.66. The molecule has 0 saturated carbocycles. The Kier molecular flexibility index (Phi) is 4.37. The third-order valence-corrected chi connectivity index (χ3v) is 3.42. The van der Waals surface area contributed by atoms with Gasteiger partial charge in [0.05, 0.1) is 6.54 Å². The van der Waals surface area contributed by atoms with Crippen molar-refractivity contribution in [2.75, 3.05) is 13.1 Å². The molecule has 96 valence electrons. The Hall–Kier alpha value is -1.35. The smallest absolute Gasteiger partial charge is 0.222 e. The second-order valence-electron chi connectivity index (χ2n) is 4.56. The lowest BCUT2D eigenvalue weighted by Crippen LogP contribution is -2.35. The first-order valence-corrected chi connectivity index (χ1v) is 6.61. The van der Waals surface area contributed by atoms with E-state index in [4.69, 9.17) is 11.6 Å². The normalized spacial score (nSPS) is 16.5. The predicted molar refractivity (Wildman–Crippen MR) is 70.8 cm³/mol. The van der Waals surface area contributed by atoms with Crippen LogP contribution in [0.3, 0.4) is 0 Å². The first-order valence-electron chi connectivity index (χ1n) is 6.23. The maximum Gasteiger partial charge on any atom is 0.222 e. The Morgan fingerprint density at radius 1 is 1.17 bits per heavy atom. The van der Waals surface area contributed by atoms with Gasteiger partial charge in [0, 0.05) is 23.6 Å². The van der Waals surface area contributed by atoms with E-state index in [1.807, 2.05) is 0 Å². The van der Waals surface area contributed by atoms with E-state index >= 15 is 0 Å². The van der Waals surface area contributed by atoms with E-state index in [1.54, 1.807) is 29.2 Å². The number of benzene rings is 1. The summed E-state index contributed by atoms with van der Waals surface area (Å²) in [4.78, 5) is 25.5. The number of halogens is 1. The maximum absolute atomic E-state index is 12.0. The highest BCUT2D eigenvalue weighted by molar-refractivity contribution is 6.30. The van der Waals surface area contributed by atoms with Crippen LogP contribution in [0.2, 0.25) is 5.02 Å². The molecule has 0 N–H and O–H groups in total. The van der Waals surface area contributed by atoms with Crippen molar-refractivity contribution < 1.29 is 9.59 Å². The van der Waals surface area contributed by atoms with Crippen molar-refractivity contribution >= 4 is 23.3 Å².